The van der Waals surface area contributed by atoms with Crippen molar-refractivity contribution in [1.29, 1.82) is 0 Å². The van der Waals surface area contributed by atoms with Gasteiger partial charge in [-0.2, -0.15) is 0 Å². The minimum absolute atomic E-state index is 0.0213. The Hall–Kier alpha value is -4.11. The number of phosphoric ester groups is 1. The molecule has 83 heavy (non-hydrogen) atoms. The molecule has 0 aliphatic rings. The number of amides is 1. The lowest BCUT2D eigenvalue weighted by Crippen LogP contribution is -2.47. The predicted molar refractivity (Wildman–Crippen MR) is 359 cm³/mol. The maximum atomic E-state index is 13.6. The molecule has 0 radical (unpaired) electrons. The second-order valence-corrected chi connectivity index (χ2v) is 24.3. The molecule has 3 atom stereocenters. The first kappa shape index (κ1) is 78.9. The van der Waals surface area contributed by atoms with Crippen molar-refractivity contribution in [2.75, 3.05) is 40.9 Å². The number of likely N-dealkylation sites (N-methyl/N-ethyl adjacent to an activating group) is 1. The van der Waals surface area contributed by atoms with Crippen LogP contribution in [0.15, 0.2) is 146 Å². The van der Waals surface area contributed by atoms with Crippen LogP contribution in [-0.4, -0.2) is 74.3 Å². The molecule has 0 saturated heterocycles. The van der Waals surface area contributed by atoms with Crippen LogP contribution in [0.1, 0.15) is 252 Å². The summed E-state index contributed by atoms with van der Waals surface area (Å²) in [6, 6.07) is -0.888. The smallest absolute Gasteiger partial charge is 0.456 e. The minimum Gasteiger partial charge on any atom is -0.456 e. The summed E-state index contributed by atoms with van der Waals surface area (Å²) in [6.45, 7) is 6.73. The van der Waals surface area contributed by atoms with Gasteiger partial charge in [-0.25, -0.2) is 4.57 Å². The number of rotatable bonds is 58. The van der Waals surface area contributed by atoms with Gasteiger partial charge >= 0.3 is 13.8 Å². The molecule has 3 unspecified atom stereocenters. The first-order valence-corrected chi connectivity index (χ1v) is 34.7. The maximum absolute atomic E-state index is 13.6. The van der Waals surface area contributed by atoms with Crippen molar-refractivity contribution in [3.8, 4) is 0 Å². The molecular formula is C73H124N2O7P+. The van der Waals surface area contributed by atoms with E-state index in [1.165, 1.54) is 77.0 Å². The molecule has 0 aromatic carbocycles. The number of carbonyl (C=O) groups excluding carboxylic acids is 2. The number of hydrogen-bond donors (Lipinski definition) is 2. The average Bonchev–Trinajstić information content (AvgIpc) is 3.46. The molecule has 0 bridgehead atoms. The van der Waals surface area contributed by atoms with Gasteiger partial charge in [0.05, 0.1) is 33.8 Å². The Bertz CT molecular complexity index is 1930. The van der Waals surface area contributed by atoms with Crippen LogP contribution in [0.5, 0.6) is 0 Å². The average molecular weight is 1170 g/mol. The largest absolute Gasteiger partial charge is 0.472 e. The highest BCUT2D eigenvalue weighted by Gasteiger charge is 2.30. The predicted octanol–water partition coefficient (Wildman–Crippen LogP) is 21.0. The monoisotopic (exact) mass is 1170 g/mol. The van der Waals surface area contributed by atoms with E-state index in [1.807, 2.05) is 33.3 Å². The molecule has 472 valence electrons. The Labute approximate surface area is 510 Å². The van der Waals surface area contributed by atoms with Crippen LogP contribution in [-0.2, 0) is 27.9 Å². The highest BCUT2D eigenvalue weighted by Crippen LogP contribution is 2.43. The van der Waals surface area contributed by atoms with Gasteiger partial charge in [0.25, 0.3) is 0 Å². The second kappa shape index (κ2) is 61.0. The third kappa shape index (κ3) is 62.2. The fraction of sp³-hybridized carbons (Fsp3) is 0.644. The highest BCUT2D eigenvalue weighted by molar-refractivity contribution is 7.47. The summed E-state index contributed by atoms with van der Waals surface area (Å²) in [6.07, 6.45) is 88.5. The lowest BCUT2D eigenvalue weighted by molar-refractivity contribution is -0.870. The van der Waals surface area contributed by atoms with Gasteiger partial charge in [0.1, 0.15) is 19.3 Å². The SMILES string of the molecule is CC/C=C\C/C=C\C/C=C\C/C=C\C/C=C\C/C=C\CCCCC(=O)NC(COP(=O)(O)OCC[N+](C)(C)C)C(/C=C/CCCCCCCCCCCCC)OC(=O)CCCCCCCCC/C=C\C/C=C\C/C=C\C/C=C\C/C=C\CC. The lowest BCUT2D eigenvalue weighted by atomic mass is 10.0. The van der Waals surface area contributed by atoms with Crippen molar-refractivity contribution < 1.29 is 37.3 Å². The van der Waals surface area contributed by atoms with Crippen molar-refractivity contribution >= 4 is 19.7 Å². The van der Waals surface area contributed by atoms with Gasteiger partial charge in [0, 0.05) is 12.8 Å². The van der Waals surface area contributed by atoms with Crippen molar-refractivity contribution in [3.63, 3.8) is 0 Å². The van der Waals surface area contributed by atoms with Gasteiger partial charge < -0.3 is 19.4 Å². The van der Waals surface area contributed by atoms with Crippen molar-refractivity contribution in [2.24, 2.45) is 0 Å². The minimum atomic E-state index is -4.48. The van der Waals surface area contributed by atoms with Gasteiger partial charge in [-0.05, 0) is 128 Å². The number of nitrogens with zero attached hydrogens (tertiary/aromatic N) is 1. The van der Waals surface area contributed by atoms with Gasteiger partial charge in [0.15, 0.2) is 0 Å². The fourth-order valence-corrected chi connectivity index (χ4v) is 9.47. The zero-order valence-electron chi connectivity index (χ0n) is 53.9. The van der Waals surface area contributed by atoms with Gasteiger partial charge in [-0.1, -0.05) is 257 Å². The molecule has 0 aromatic rings. The Balaban J connectivity index is 5.33. The topological polar surface area (TPSA) is 111 Å². The molecule has 0 saturated carbocycles. The zero-order chi connectivity index (χ0) is 60.7. The summed E-state index contributed by atoms with van der Waals surface area (Å²) in [5.41, 5.74) is 0. The van der Waals surface area contributed by atoms with Crippen LogP contribution in [0.3, 0.4) is 0 Å². The van der Waals surface area contributed by atoms with E-state index in [-0.39, 0.29) is 37.9 Å². The standard InChI is InChI=1S/C73H123N2O7P/c1-7-10-13-16-19-22-25-28-30-32-34-36-37-39-41-43-45-48-51-54-57-60-63-66-73(77)82-71(64-61-58-55-52-49-46-27-24-21-18-15-12-9-3)70(69-81-83(78,79)80-68-67-75(4,5)6)74-72(76)65-62-59-56-53-50-47-44-42-40-38-35-33-31-29-26-23-20-17-14-11-8-2/h10-11,13-14,19-20,22-23,28-31,34-36,38-39,41-42,44,50,53,61,64,70-71H,7-9,12,15-18,21,24-27,32-33,37,40,43,45-49,51-52,54-60,62-63,65-69H2,1-6H3,(H-,74,76,78,79)/p+1/b13-10-,14-11-,22-19-,23-20-,30-28-,31-29-,36-34-,38-35-,41-39-,44-42-,53-50-,64-61+. The van der Waals surface area contributed by atoms with E-state index < -0.39 is 20.0 Å². The Kier molecular flexibility index (Phi) is 58.0. The molecule has 9 nitrogen and oxygen atoms in total. The molecule has 0 fully saturated rings. The number of nitrogens with one attached hydrogen (secondary N) is 1. The molecule has 0 rings (SSSR count). The number of hydrogen-bond acceptors (Lipinski definition) is 6. The first-order valence-electron chi connectivity index (χ1n) is 33.2. The highest BCUT2D eigenvalue weighted by atomic mass is 31.2. The summed E-state index contributed by atoms with van der Waals surface area (Å²) in [7, 11) is 1.44. The van der Waals surface area contributed by atoms with E-state index in [4.69, 9.17) is 13.8 Å². The number of allylic oxidation sites excluding steroid dienone is 23. The molecule has 0 spiro atoms. The summed E-state index contributed by atoms with van der Waals surface area (Å²) < 4.78 is 30.7. The van der Waals surface area contributed by atoms with Crippen LogP contribution < -0.4 is 5.32 Å². The van der Waals surface area contributed by atoms with Gasteiger partial charge in [0.2, 0.25) is 5.91 Å². The van der Waals surface area contributed by atoms with Crippen molar-refractivity contribution in [3.05, 3.63) is 146 Å². The van der Waals surface area contributed by atoms with Crippen LogP contribution in [0.25, 0.3) is 0 Å². The van der Waals surface area contributed by atoms with E-state index >= 15 is 0 Å². The van der Waals surface area contributed by atoms with Gasteiger partial charge in [-0.3, -0.25) is 18.6 Å². The fourth-order valence-electron chi connectivity index (χ4n) is 8.73. The van der Waals surface area contributed by atoms with E-state index in [2.05, 4.69) is 160 Å². The van der Waals surface area contributed by atoms with E-state index in [0.29, 0.717) is 23.9 Å². The normalized spacial score (nSPS) is 14.5. The third-order valence-electron chi connectivity index (χ3n) is 13.8. The molecule has 10 heteroatoms. The quantitative estimate of drug-likeness (QED) is 0.0205. The number of phosphoric acid groups is 1. The summed E-state index contributed by atoms with van der Waals surface area (Å²) in [5, 5.41) is 3.03. The molecule has 0 aromatic heterocycles. The second-order valence-electron chi connectivity index (χ2n) is 22.9. The Morgan fingerprint density at radius 3 is 1.17 bits per heavy atom. The summed E-state index contributed by atoms with van der Waals surface area (Å²) in [5.74, 6) is -0.578. The Morgan fingerprint density at radius 1 is 0.434 bits per heavy atom. The number of unbranched alkanes of at least 4 members (excludes halogenated alkanes) is 20. The summed E-state index contributed by atoms with van der Waals surface area (Å²) >= 11 is 0. The lowest BCUT2D eigenvalue weighted by Gasteiger charge is -2.27. The zero-order valence-corrected chi connectivity index (χ0v) is 54.8. The molecule has 0 aliphatic carbocycles. The van der Waals surface area contributed by atoms with Crippen LogP contribution in [0, 0.1) is 0 Å². The van der Waals surface area contributed by atoms with Crippen LogP contribution in [0.2, 0.25) is 0 Å². The number of carbonyl (C=O) groups is 2. The maximum Gasteiger partial charge on any atom is 0.472 e. The molecule has 2 N–H and O–H groups in total. The van der Waals surface area contributed by atoms with Crippen LogP contribution >= 0.6 is 7.82 Å². The third-order valence-corrected chi connectivity index (χ3v) is 14.8. The molecule has 0 aliphatic heterocycles. The number of esters is 1. The van der Waals surface area contributed by atoms with Crippen molar-refractivity contribution in [1.82, 2.24) is 5.32 Å². The van der Waals surface area contributed by atoms with E-state index in [0.717, 1.165) is 128 Å². The van der Waals surface area contributed by atoms with Crippen LogP contribution in [0.4, 0.5) is 0 Å². The van der Waals surface area contributed by atoms with Crippen molar-refractivity contribution in [2.45, 2.75) is 264 Å². The molecule has 1 amide bonds. The molecular weight excluding hydrogens is 1050 g/mol. The molecule has 0 heterocycles. The summed E-state index contributed by atoms with van der Waals surface area (Å²) in [4.78, 5) is 37.8. The van der Waals surface area contributed by atoms with Gasteiger partial charge in [-0.15, -0.1) is 0 Å². The van der Waals surface area contributed by atoms with E-state index in [1.54, 1.807) is 0 Å². The van der Waals surface area contributed by atoms with E-state index in [9.17, 15) is 19.0 Å². The Morgan fingerprint density at radius 2 is 0.771 bits per heavy atom. The number of ether oxygens (including phenoxy) is 1. The first-order chi connectivity index (χ1) is 40.4. The number of quaternary nitrogens is 1.